The lowest BCUT2D eigenvalue weighted by molar-refractivity contribution is -0.598. The molecular weight excluding hydrogens is 174 g/mol. The van der Waals surface area contributed by atoms with Gasteiger partial charge in [0.1, 0.15) is 12.4 Å². The number of nitrogens with zero attached hydrogens (tertiary/aromatic N) is 2. The Balaban J connectivity index is 0.000000720. The van der Waals surface area contributed by atoms with Gasteiger partial charge in [-0.15, -0.1) is 4.98 Å². The summed E-state index contributed by atoms with van der Waals surface area (Å²) in [5.41, 5.74) is 0. The van der Waals surface area contributed by atoms with Crippen LogP contribution in [-0.4, -0.2) is 9.97 Å². The van der Waals surface area contributed by atoms with Crippen molar-refractivity contribution < 1.29 is 17.0 Å². The predicted octanol–water partition coefficient (Wildman–Crippen LogP) is -2.31. The van der Waals surface area contributed by atoms with Crippen LogP contribution >= 0.6 is 0 Å². The van der Waals surface area contributed by atoms with E-state index in [1.807, 2.05) is 41.5 Å². The molecule has 1 N–H and O–H groups in total. The predicted molar refractivity (Wildman–Crippen MR) is 40.1 cm³/mol. The molecule has 0 fully saturated rings. The highest BCUT2D eigenvalue weighted by molar-refractivity contribution is 5.08. The van der Waals surface area contributed by atoms with Gasteiger partial charge in [-0.05, 0) is 6.07 Å². The first-order valence-electron chi connectivity index (χ1n) is 3.42. The van der Waals surface area contributed by atoms with Gasteiger partial charge in [-0.3, -0.25) is 4.98 Å². The second-order valence-electron chi connectivity index (χ2n) is 2.21. The summed E-state index contributed by atoms with van der Waals surface area (Å²) in [6.45, 7) is 0. The van der Waals surface area contributed by atoms with Crippen LogP contribution < -0.4 is 17.0 Å². The summed E-state index contributed by atoms with van der Waals surface area (Å²) in [4.78, 5) is 7.12. The van der Waals surface area contributed by atoms with Crippen molar-refractivity contribution in [1.82, 2.24) is 9.97 Å². The molecule has 0 spiro atoms. The van der Waals surface area contributed by atoms with Gasteiger partial charge < -0.3 is 12.4 Å². The molecule has 2 aromatic rings. The van der Waals surface area contributed by atoms with Crippen molar-refractivity contribution in [2.45, 2.75) is 0 Å². The molecule has 2 aromatic heterocycles. The first kappa shape index (κ1) is 8.74. The van der Waals surface area contributed by atoms with Crippen LogP contribution in [0.5, 0.6) is 0 Å². The number of rotatable bonds is 1. The molecule has 62 valence electrons. The molecule has 0 aliphatic carbocycles. The van der Waals surface area contributed by atoms with Crippen LogP contribution in [0, 0.1) is 0 Å². The van der Waals surface area contributed by atoms with E-state index in [-0.39, 0.29) is 12.4 Å². The Labute approximate surface area is 76.5 Å². The Morgan fingerprint density at radius 3 is 2.83 bits per heavy atom. The van der Waals surface area contributed by atoms with Crippen LogP contribution in [0.2, 0.25) is 0 Å². The summed E-state index contributed by atoms with van der Waals surface area (Å²) in [7, 11) is 0. The van der Waals surface area contributed by atoms with E-state index in [0.717, 1.165) is 5.82 Å². The second kappa shape index (κ2) is 3.88. The number of hydrogen-bond acceptors (Lipinski definition) is 1. The van der Waals surface area contributed by atoms with Crippen molar-refractivity contribution in [2.75, 3.05) is 0 Å². The molecule has 0 saturated heterocycles. The Kier molecular flexibility index (Phi) is 2.82. The summed E-state index contributed by atoms with van der Waals surface area (Å²) >= 11 is 0. The maximum atomic E-state index is 4.16. The largest absolute Gasteiger partial charge is 1.00 e. The first-order valence-corrected chi connectivity index (χ1v) is 3.42. The summed E-state index contributed by atoms with van der Waals surface area (Å²) in [5.74, 6) is 0.925. The zero-order valence-electron chi connectivity index (χ0n) is 6.31. The molecule has 12 heavy (non-hydrogen) atoms. The average molecular weight is 182 g/mol. The fourth-order valence-corrected chi connectivity index (χ4v) is 0.939. The van der Waals surface area contributed by atoms with E-state index in [2.05, 4.69) is 9.97 Å². The minimum absolute atomic E-state index is 0. The quantitative estimate of drug-likeness (QED) is 0.493. The summed E-state index contributed by atoms with van der Waals surface area (Å²) < 4.78 is 1.92. The monoisotopic (exact) mass is 181 g/mol. The van der Waals surface area contributed by atoms with Crippen molar-refractivity contribution in [3.63, 3.8) is 0 Å². The zero-order chi connectivity index (χ0) is 7.52. The van der Waals surface area contributed by atoms with Crippen molar-refractivity contribution in [3.8, 4) is 5.82 Å². The molecule has 2 heterocycles. The summed E-state index contributed by atoms with van der Waals surface area (Å²) in [6.07, 6.45) is 7.40. The van der Waals surface area contributed by atoms with Crippen LogP contribution in [0.15, 0.2) is 43.1 Å². The Bertz CT molecular complexity index is 317. The standard InChI is InChI=1S/C8H7N3.ClH/c1-2-4-10-8(3-1)11-6-5-9-7-11;/h1-7H;1H. The average Bonchev–Trinajstić information content (AvgIpc) is 2.58. The van der Waals surface area contributed by atoms with Crippen LogP contribution in [0.1, 0.15) is 0 Å². The van der Waals surface area contributed by atoms with Gasteiger partial charge in [0.05, 0.1) is 6.20 Å². The van der Waals surface area contributed by atoms with E-state index in [1.54, 1.807) is 6.20 Å². The maximum absolute atomic E-state index is 4.16. The van der Waals surface area contributed by atoms with Gasteiger partial charge in [0.15, 0.2) is 6.33 Å². The molecule has 0 aliphatic rings. The van der Waals surface area contributed by atoms with Gasteiger partial charge in [0.2, 0.25) is 0 Å². The fraction of sp³-hybridized carbons (Fsp3) is 0. The van der Waals surface area contributed by atoms with E-state index in [4.69, 9.17) is 0 Å². The number of H-pyrrole nitrogens is 1. The number of hydrogen-bond donors (Lipinski definition) is 1. The van der Waals surface area contributed by atoms with Gasteiger partial charge in [0, 0.05) is 6.07 Å². The molecule has 0 atom stereocenters. The molecule has 0 radical (unpaired) electrons. The third-order valence-electron chi connectivity index (χ3n) is 1.46. The highest BCUT2D eigenvalue weighted by atomic mass is 35.5. The molecule has 0 aromatic carbocycles. The SMILES string of the molecule is [Cl-].c1ccc(-[n+]2cc[nH]c2)nc1. The van der Waals surface area contributed by atoms with E-state index < -0.39 is 0 Å². The third kappa shape index (κ3) is 1.62. The van der Waals surface area contributed by atoms with Gasteiger partial charge in [-0.1, -0.05) is 6.07 Å². The van der Waals surface area contributed by atoms with E-state index in [1.165, 1.54) is 0 Å². The van der Waals surface area contributed by atoms with Crippen molar-refractivity contribution in [3.05, 3.63) is 43.1 Å². The van der Waals surface area contributed by atoms with Crippen LogP contribution in [0.25, 0.3) is 5.82 Å². The van der Waals surface area contributed by atoms with E-state index in [0.29, 0.717) is 0 Å². The van der Waals surface area contributed by atoms with Crippen molar-refractivity contribution in [1.29, 1.82) is 0 Å². The molecular formula is C8H8ClN3. The highest BCUT2D eigenvalue weighted by Gasteiger charge is 2.00. The minimum atomic E-state index is 0. The van der Waals surface area contributed by atoms with E-state index >= 15 is 0 Å². The lowest BCUT2D eigenvalue weighted by Crippen LogP contribution is -3.00. The summed E-state index contributed by atoms with van der Waals surface area (Å²) in [5, 5.41) is 0. The normalized spacial score (nSPS) is 9.00. The highest BCUT2D eigenvalue weighted by Crippen LogP contribution is 1.90. The molecule has 0 aliphatic heterocycles. The van der Waals surface area contributed by atoms with Gasteiger partial charge >= 0.3 is 0 Å². The molecule has 3 nitrogen and oxygen atoms in total. The van der Waals surface area contributed by atoms with Gasteiger partial charge in [0.25, 0.3) is 5.82 Å². The molecule has 0 amide bonds. The number of nitrogens with one attached hydrogen (secondary N) is 1. The van der Waals surface area contributed by atoms with Gasteiger partial charge in [-0.25, -0.2) is 4.57 Å². The lowest BCUT2D eigenvalue weighted by Gasteiger charge is -1.88. The number of aromatic nitrogens is 3. The summed E-state index contributed by atoms with van der Waals surface area (Å²) in [6, 6.07) is 5.81. The van der Waals surface area contributed by atoms with E-state index in [9.17, 15) is 0 Å². The molecule has 4 heteroatoms. The zero-order valence-corrected chi connectivity index (χ0v) is 7.07. The Morgan fingerprint density at radius 1 is 1.33 bits per heavy atom. The smallest absolute Gasteiger partial charge is 0.266 e. The number of imidazole rings is 1. The molecule has 2 rings (SSSR count). The number of pyridine rings is 1. The van der Waals surface area contributed by atoms with Crippen LogP contribution in [0.3, 0.4) is 0 Å². The minimum Gasteiger partial charge on any atom is -1.00 e. The lowest BCUT2D eigenvalue weighted by atomic mass is 10.5. The first-order chi connectivity index (χ1) is 5.47. The Morgan fingerprint density at radius 2 is 2.25 bits per heavy atom. The van der Waals surface area contributed by atoms with Crippen LogP contribution in [-0.2, 0) is 0 Å². The molecule has 0 bridgehead atoms. The number of aromatic amines is 1. The second-order valence-corrected chi connectivity index (χ2v) is 2.21. The van der Waals surface area contributed by atoms with Crippen molar-refractivity contribution >= 4 is 0 Å². The topological polar surface area (TPSA) is 32.6 Å². The fourth-order valence-electron chi connectivity index (χ4n) is 0.939. The maximum Gasteiger partial charge on any atom is 0.266 e. The van der Waals surface area contributed by atoms with Crippen molar-refractivity contribution in [2.24, 2.45) is 0 Å². The van der Waals surface area contributed by atoms with Gasteiger partial charge in [-0.2, -0.15) is 0 Å². The Hall–Kier alpha value is -1.35. The van der Waals surface area contributed by atoms with Crippen LogP contribution in [0.4, 0.5) is 0 Å². The molecule has 0 unspecified atom stereocenters. The third-order valence-corrected chi connectivity index (χ3v) is 1.46. The number of halogens is 1. The molecule has 0 saturated carbocycles.